The summed E-state index contributed by atoms with van der Waals surface area (Å²) in [6.45, 7) is 4.48. The molecule has 0 spiro atoms. The molecule has 0 radical (unpaired) electrons. The number of aromatic amines is 1. The number of hydrogen-bond acceptors (Lipinski definition) is 7. The zero-order valence-electron chi connectivity index (χ0n) is 18.8. The Morgan fingerprint density at radius 3 is 2.70 bits per heavy atom. The van der Waals surface area contributed by atoms with Crippen LogP contribution in [-0.2, 0) is 16.8 Å². The van der Waals surface area contributed by atoms with Crippen molar-refractivity contribution in [3.8, 4) is 0 Å². The molecule has 1 atom stereocenters. The molecule has 1 unspecified atom stereocenters. The standard InChI is InChI=1S/C22H25FN6O3S/c1-22(2)17-15(18(27-26-17)25-19(30)13-5-7-14(23)8-6-13)11-29(22)21(31)32-16(12-28(3)4)20-24-9-10-33-20/h5-10,16H,11-12H2,1-4H3,(H2,25,26,27,30). The fraction of sp³-hybridized carbons (Fsp3) is 0.364. The molecule has 3 aromatic rings. The van der Waals surface area contributed by atoms with Crippen molar-refractivity contribution in [2.45, 2.75) is 32.0 Å². The smallest absolute Gasteiger partial charge is 0.411 e. The van der Waals surface area contributed by atoms with E-state index in [-0.39, 0.29) is 6.54 Å². The number of carbonyl (C=O) groups excluding carboxylic acids is 2. The summed E-state index contributed by atoms with van der Waals surface area (Å²) in [6.07, 6.45) is 0.698. The Morgan fingerprint density at radius 2 is 2.06 bits per heavy atom. The van der Waals surface area contributed by atoms with Crippen LogP contribution in [0.1, 0.15) is 46.6 Å². The fourth-order valence-electron chi connectivity index (χ4n) is 3.77. The fourth-order valence-corrected chi connectivity index (χ4v) is 4.43. The van der Waals surface area contributed by atoms with Crippen molar-refractivity contribution in [3.63, 3.8) is 0 Å². The Hall–Kier alpha value is -3.31. The molecule has 2 N–H and O–H groups in total. The van der Waals surface area contributed by atoms with Gasteiger partial charge in [-0.1, -0.05) is 0 Å². The molecule has 3 heterocycles. The van der Waals surface area contributed by atoms with Gasteiger partial charge in [-0.05, 0) is 52.2 Å². The number of rotatable bonds is 6. The maximum absolute atomic E-state index is 13.2. The van der Waals surface area contributed by atoms with Crippen molar-refractivity contribution < 1.29 is 18.7 Å². The lowest BCUT2D eigenvalue weighted by atomic mass is 10.0. The summed E-state index contributed by atoms with van der Waals surface area (Å²) in [7, 11) is 3.81. The number of amides is 2. The SMILES string of the molecule is CN(C)CC(OC(=O)N1Cc2c(NC(=O)c3ccc(F)cc3)n[nH]c2C1(C)C)c1nccs1. The highest BCUT2D eigenvalue weighted by Crippen LogP contribution is 2.41. The monoisotopic (exact) mass is 472 g/mol. The Labute approximate surface area is 194 Å². The largest absolute Gasteiger partial charge is 0.437 e. The van der Waals surface area contributed by atoms with E-state index in [1.54, 1.807) is 11.1 Å². The van der Waals surface area contributed by atoms with E-state index in [0.717, 1.165) is 5.01 Å². The van der Waals surface area contributed by atoms with Crippen molar-refractivity contribution in [2.24, 2.45) is 0 Å². The van der Waals surface area contributed by atoms with Crippen molar-refractivity contribution in [1.29, 1.82) is 0 Å². The van der Waals surface area contributed by atoms with E-state index in [0.29, 0.717) is 29.2 Å². The van der Waals surface area contributed by atoms with Crippen molar-refractivity contribution in [3.05, 3.63) is 63.5 Å². The summed E-state index contributed by atoms with van der Waals surface area (Å²) in [5.41, 5.74) is 0.985. The van der Waals surface area contributed by atoms with Gasteiger partial charge in [-0.3, -0.25) is 14.8 Å². The summed E-state index contributed by atoms with van der Waals surface area (Å²) in [4.78, 5) is 33.6. The van der Waals surface area contributed by atoms with E-state index < -0.39 is 29.5 Å². The number of carbonyl (C=O) groups is 2. The van der Waals surface area contributed by atoms with Crippen LogP contribution in [0.15, 0.2) is 35.8 Å². The van der Waals surface area contributed by atoms with E-state index in [1.807, 2.05) is 38.2 Å². The number of nitrogens with zero attached hydrogens (tertiary/aromatic N) is 4. The van der Waals surface area contributed by atoms with E-state index in [4.69, 9.17) is 4.74 Å². The third-order valence-corrected chi connectivity index (χ3v) is 6.40. The lowest BCUT2D eigenvalue weighted by Gasteiger charge is -2.32. The molecule has 11 heteroatoms. The normalized spacial score (nSPS) is 15.4. The van der Waals surface area contributed by atoms with Crippen LogP contribution in [0.25, 0.3) is 0 Å². The molecule has 1 aromatic carbocycles. The van der Waals surface area contributed by atoms with Gasteiger partial charge in [0.15, 0.2) is 11.9 Å². The van der Waals surface area contributed by atoms with E-state index in [2.05, 4.69) is 20.5 Å². The number of hydrogen-bond donors (Lipinski definition) is 2. The number of likely N-dealkylation sites (N-methyl/N-ethyl adjacent to an activating group) is 1. The lowest BCUT2D eigenvalue weighted by molar-refractivity contribution is 0.0258. The Morgan fingerprint density at radius 1 is 1.33 bits per heavy atom. The van der Waals surface area contributed by atoms with Gasteiger partial charge in [-0.25, -0.2) is 14.2 Å². The van der Waals surface area contributed by atoms with Crippen molar-refractivity contribution in [2.75, 3.05) is 26.0 Å². The van der Waals surface area contributed by atoms with Gasteiger partial charge in [0.25, 0.3) is 5.91 Å². The highest BCUT2D eigenvalue weighted by molar-refractivity contribution is 7.09. The van der Waals surface area contributed by atoms with Gasteiger partial charge in [-0.2, -0.15) is 5.10 Å². The van der Waals surface area contributed by atoms with Gasteiger partial charge in [0.1, 0.15) is 10.8 Å². The van der Waals surface area contributed by atoms with Crippen LogP contribution >= 0.6 is 11.3 Å². The molecule has 0 bridgehead atoms. The molecule has 0 saturated carbocycles. The quantitative estimate of drug-likeness (QED) is 0.566. The van der Waals surface area contributed by atoms with Gasteiger partial charge >= 0.3 is 6.09 Å². The highest BCUT2D eigenvalue weighted by atomic mass is 32.1. The molecule has 0 aliphatic carbocycles. The number of benzene rings is 1. The molecule has 33 heavy (non-hydrogen) atoms. The van der Waals surface area contributed by atoms with Crippen LogP contribution in [0.2, 0.25) is 0 Å². The Balaban J connectivity index is 1.51. The second-order valence-electron chi connectivity index (χ2n) is 8.54. The number of fused-ring (bicyclic) bond motifs is 1. The van der Waals surface area contributed by atoms with Gasteiger partial charge in [0.05, 0.1) is 17.8 Å². The van der Waals surface area contributed by atoms with Crippen LogP contribution in [0.5, 0.6) is 0 Å². The first-order valence-corrected chi connectivity index (χ1v) is 11.2. The van der Waals surface area contributed by atoms with Crippen LogP contribution in [0.4, 0.5) is 15.0 Å². The molecule has 2 aromatic heterocycles. The number of ether oxygens (including phenoxy) is 1. The molecular weight excluding hydrogens is 447 g/mol. The number of nitrogens with one attached hydrogen (secondary N) is 2. The molecule has 1 aliphatic heterocycles. The number of aromatic nitrogens is 3. The summed E-state index contributed by atoms with van der Waals surface area (Å²) < 4.78 is 19.0. The predicted molar refractivity (Wildman–Crippen MR) is 121 cm³/mol. The summed E-state index contributed by atoms with van der Waals surface area (Å²) >= 11 is 1.43. The maximum atomic E-state index is 13.2. The number of thiazole rings is 1. The average Bonchev–Trinajstić information content (AvgIpc) is 3.46. The molecule has 0 fully saturated rings. The molecule has 0 saturated heterocycles. The van der Waals surface area contributed by atoms with Gasteiger partial charge in [0, 0.05) is 29.2 Å². The second kappa shape index (κ2) is 8.91. The number of halogens is 1. The van der Waals surface area contributed by atoms with Crippen LogP contribution < -0.4 is 5.32 Å². The minimum atomic E-state index is -0.732. The third kappa shape index (κ3) is 4.60. The van der Waals surface area contributed by atoms with Crippen LogP contribution in [0, 0.1) is 5.82 Å². The first-order valence-electron chi connectivity index (χ1n) is 10.3. The molecule has 4 rings (SSSR count). The van der Waals surface area contributed by atoms with E-state index in [9.17, 15) is 14.0 Å². The molecular formula is C22H25FN6O3S. The minimum absolute atomic E-state index is 0.212. The Kier molecular flexibility index (Phi) is 6.17. The number of H-pyrrole nitrogens is 1. The summed E-state index contributed by atoms with van der Waals surface area (Å²) in [5.74, 6) is -0.515. The lowest BCUT2D eigenvalue weighted by Crippen LogP contribution is -2.42. The first-order chi connectivity index (χ1) is 15.7. The van der Waals surface area contributed by atoms with Crippen molar-refractivity contribution >= 4 is 29.2 Å². The van der Waals surface area contributed by atoms with Gasteiger partial charge in [-0.15, -0.1) is 11.3 Å². The van der Waals surface area contributed by atoms with Gasteiger partial charge in [0.2, 0.25) is 0 Å². The van der Waals surface area contributed by atoms with Crippen molar-refractivity contribution in [1.82, 2.24) is 25.0 Å². The van der Waals surface area contributed by atoms with E-state index >= 15 is 0 Å². The molecule has 2 amide bonds. The van der Waals surface area contributed by atoms with Crippen LogP contribution in [0.3, 0.4) is 0 Å². The topological polar surface area (TPSA) is 103 Å². The zero-order chi connectivity index (χ0) is 23.8. The van der Waals surface area contributed by atoms with E-state index in [1.165, 1.54) is 35.6 Å². The number of anilines is 1. The molecule has 174 valence electrons. The highest BCUT2D eigenvalue weighted by Gasteiger charge is 2.45. The third-order valence-electron chi connectivity index (χ3n) is 5.53. The zero-order valence-corrected chi connectivity index (χ0v) is 19.6. The van der Waals surface area contributed by atoms with Gasteiger partial charge < -0.3 is 15.0 Å². The first kappa shape index (κ1) is 22.9. The molecule has 1 aliphatic rings. The maximum Gasteiger partial charge on any atom is 0.411 e. The summed E-state index contributed by atoms with van der Waals surface area (Å²) in [6, 6.07) is 5.23. The molecule has 9 nitrogen and oxygen atoms in total. The van der Waals surface area contributed by atoms with Crippen LogP contribution in [-0.4, -0.2) is 57.6 Å². The Bertz CT molecular complexity index is 1140. The minimum Gasteiger partial charge on any atom is -0.437 e. The second-order valence-corrected chi connectivity index (χ2v) is 9.46. The average molecular weight is 473 g/mol. The predicted octanol–water partition coefficient (Wildman–Crippen LogP) is 3.75. The summed E-state index contributed by atoms with van der Waals surface area (Å²) in [5, 5.41) is 12.5.